The minimum Gasteiger partial charge on any atom is -0.324 e. The lowest BCUT2D eigenvalue weighted by Crippen LogP contribution is -2.04. The summed E-state index contributed by atoms with van der Waals surface area (Å²) in [6.45, 7) is 2.25. The summed E-state index contributed by atoms with van der Waals surface area (Å²) in [6.07, 6.45) is 3.30. The SMILES string of the molecule is CCC1CC1n1c(CCCl)nc2ccc(Cl)cc21. The van der Waals surface area contributed by atoms with Gasteiger partial charge in [0.05, 0.1) is 11.0 Å². The maximum Gasteiger partial charge on any atom is 0.111 e. The van der Waals surface area contributed by atoms with Crippen LogP contribution in [0.4, 0.5) is 0 Å². The Morgan fingerprint density at radius 2 is 2.28 bits per heavy atom. The number of hydrogen-bond donors (Lipinski definition) is 0. The van der Waals surface area contributed by atoms with Gasteiger partial charge < -0.3 is 4.57 Å². The van der Waals surface area contributed by atoms with E-state index in [2.05, 4.69) is 11.5 Å². The molecule has 1 aliphatic carbocycles. The molecule has 96 valence electrons. The highest BCUT2D eigenvalue weighted by molar-refractivity contribution is 6.31. The van der Waals surface area contributed by atoms with Crippen LogP contribution in [0.1, 0.15) is 31.6 Å². The van der Waals surface area contributed by atoms with Gasteiger partial charge in [0.1, 0.15) is 5.82 Å². The van der Waals surface area contributed by atoms with Gasteiger partial charge in [-0.1, -0.05) is 24.9 Å². The average Bonchev–Trinajstić information content (AvgIpc) is 3.05. The van der Waals surface area contributed by atoms with Gasteiger partial charge in [0.15, 0.2) is 0 Å². The van der Waals surface area contributed by atoms with E-state index in [4.69, 9.17) is 28.2 Å². The number of aromatic nitrogens is 2. The number of hydrogen-bond acceptors (Lipinski definition) is 1. The van der Waals surface area contributed by atoms with E-state index in [0.717, 1.165) is 34.2 Å². The first-order valence-corrected chi connectivity index (χ1v) is 7.38. The Morgan fingerprint density at radius 3 is 2.94 bits per heavy atom. The molecule has 0 spiro atoms. The molecule has 0 amide bonds. The summed E-state index contributed by atoms with van der Waals surface area (Å²) in [5, 5.41) is 0.773. The minimum absolute atomic E-state index is 0.594. The third-order valence-corrected chi connectivity index (χ3v) is 4.21. The van der Waals surface area contributed by atoms with Crippen LogP contribution in [0.3, 0.4) is 0 Å². The first-order chi connectivity index (χ1) is 8.74. The number of fused-ring (bicyclic) bond motifs is 1. The zero-order valence-electron chi connectivity index (χ0n) is 10.4. The second kappa shape index (κ2) is 4.75. The monoisotopic (exact) mass is 282 g/mol. The van der Waals surface area contributed by atoms with E-state index >= 15 is 0 Å². The van der Waals surface area contributed by atoms with Crippen LogP contribution in [0.15, 0.2) is 18.2 Å². The van der Waals surface area contributed by atoms with Gasteiger partial charge in [-0.3, -0.25) is 0 Å². The smallest absolute Gasteiger partial charge is 0.111 e. The number of nitrogens with zero attached hydrogens (tertiary/aromatic N) is 2. The summed E-state index contributed by atoms with van der Waals surface area (Å²) in [6, 6.07) is 6.51. The number of halogens is 2. The molecule has 1 aliphatic rings. The van der Waals surface area contributed by atoms with Crippen LogP contribution in [0, 0.1) is 5.92 Å². The van der Waals surface area contributed by atoms with Crippen LogP contribution in [-0.4, -0.2) is 15.4 Å². The summed E-state index contributed by atoms with van der Waals surface area (Å²) in [7, 11) is 0. The molecule has 3 rings (SSSR count). The molecule has 1 aromatic heterocycles. The van der Waals surface area contributed by atoms with Gasteiger partial charge in [-0.2, -0.15) is 0 Å². The van der Waals surface area contributed by atoms with Crippen molar-refractivity contribution in [3.63, 3.8) is 0 Å². The van der Waals surface area contributed by atoms with Crippen molar-refractivity contribution >= 4 is 34.2 Å². The molecule has 1 heterocycles. The lowest BCUT2D eigenvalue weighted by molar-refractivity contribution is 0.629. The fourth-order valence-corrected chi connectivity index (χ4v) is 3.07. The molecule has 1 fully saturated rings. The number of imidazole rings is 1. The molecule has 2 nitrogen and oxygen atoms in total. The van der Waals surface area contributed by atoms with Crippen molar-refractivity contribution in [3.05, 3.63) is 29.0 Å². The molecule has 0 bridgehead atoms. The predicted octanol–water partition coefficient (Wildman–Crippen LogP) is 4.44. The van der Waals surface area contributed by atoms with E-state index in [0.29, 0.717) is 11.9 Å². The largest absolute Gasteiger partial charge is 0.324 e. The highest BCUT2D eigenvalue weighted by Gasteiger charge is 2.39. The summed E-state index contributed by atoms with van der Waals surface area (Å²) in [4.78, 5) is 4.69. The highest BCUT2D eigenvalue weighted by Crippen LogP contribution is 2.47. The van der Waals surface area contributed by atoms with Crippen LogP contribution in [0.5, 0.6) is 0 Å². The fourth-order valence-electron chi connectivity index (χ4n) is 2.73. The molecule has 0 N–H and O–H groups in total. The minimum atomic E-state index is 0.594. The molecule has 2 atom stereocenters. The van der Waals surface area contributed by atoms with Crippen molar-refractivity contribution in [2.45, 2.75) is 32.2 Å². The van der Waals surface area contributed by atoms with Crippen molar-refractivity contribution in [1.29, 1.82) is 0 Å². The lowest BCUT2D eigenvalue weighted by Gasteiger charge is -2.07. The third-order valence-electron chi connectivity index (χ3n) is 3.78. The summed E-state index contributed by atoms with van der Waals surface area (Å²) < 4.78 is 2.36. The van der Waals surface area contributed by atoms with E-state index in [9.17, 15) is 0 Å². The van der Waals surface area contributed by atoms with Crippen LogP contribution in [0.25, 0.3) is 11.0 Å². The Morgan fingerprint density at radius 1 is 1.44 bits per heavy atom. The Bertz CT molecular complexity index is 576. The van der Waals surface area contributed by atoms with E-state index in [1.54, 1.807) is 0 Å². The number of benzene rings is 1. The Balaban J connectivity index is 2.12. The Labute approximate surface area is 117 Å². The van der Waals surface area contributed by atoms with Crippen molar-refractivity contribution in [1.82, 2.24) is 9.55 Å². The Hall–Kier alpha value is -0.730. The van der Waals surface area contributed by atoms with Crippen molar-refractivity contribution in [2.24, 2.45) is 5.92 Å². The molecule has 2 aromatic rings. The molecule has 2 unspecified atom stereocenters. The topological polar surface area (TPSA) is 17.8 Å². The van der Waals surface area contributed by atoms with Crippen molar-refractivity contribution in [3.8, 4) is 0 Å². The number of aryl methyl sites for hydroxylation is 1. The molecule has 4 heteroatoms. The normalized spacial score (nSPS) is 22.6. The molecule has 0 saturated heterocycles. The number of rotatable bonds is 4. The van der Waals surface area contributed by atoms with Gasteiger partial charge in [0, 0.05) is 23.4 Å². The fraction of sp³-hybridized carbons (Fsp3) is 0.500. The first-order valence-electron chi connectivity index (χ1n) is 6.47. The van der Waals surface area contributed by atoms with Crippen molar-refractivity contribution < 1.29 is 0 Å². The third kappa shape index (κ3) is 2.02. The molecular weight excluding hydrogens is 267 g/mol. The van der Waals surface area contributed by atoms with Crippen LogP contribution >= 0.6 is 23.2 Å². The number of alkyl halides is 1. The van der Waals surface area contributed by atoms with Gasteiger partial charge in [0.25, 0.3) is 0 Å². The second-order valence-corrected chi connectivity index (χ2v) is 5.76. The molecule has 0 radical (unpaired) electrons. The van der Waals surface area contributed by atoms with Crippen LogP contribution in [-0.2, 0) is 6.42 Å². The maximum absolute atomic E-state index is 6.11. The van der Waals surface area contributed by atoms with Crippen LogP contribution < -0.4 is 0 Å². The quantitative estimate of drug-likeness (QED) is 0.758. The average molecular weight is 283 g/mol. The van der Waals surface area contributed by atoms with Gasteiger partial charge in [0.2, 0.25) is 0 Å². The van der Waals surface area contributed by atoms with E-state index in [1.807, 2.05) is 18.2 Å². The zero-order chi connectivity index (χ0) is 12.7. The standard InChI is InChI=1S/C14H16Cl2N2/c1-2-9-7-12(9)18-13-8-10(16)3-4-11(13)17-14(18)5-6-15/h3-4,8-9,12H,2,5-7H2,1H3. The van der Waals surface area contributed by atoms with Gasteiger partial charge in [-0.25, -0.2) is 4.98 Å². The van der Waals surface area contributed by atoms with E-state index < -0.39 is 0 Å². The second-order valence-electron chi connectivity index (χ2n) is 4.94. The van der Waals surface area contributed by atoms with E-state index in [-0.39, 0.29) is 0 Å². The molecular formula is C14H16Cl2N2. The molecule has 0 aliphatic heterocycles. The molecule has 1 saturated carbocycles. The van der Waals surface area contributed by atoms with Crippen molar-refractivity contribution in [2.75, 3.05) is 5.88 Å². The molecule has 1 aromatic carbocycles. The summed E-state index contributed by atoms with van der Waals surface area (Å²) >= 11 is 12.0. The maximum atomic E-state index is 6.11. The van der Waals surface area contributed by atoms with Gasteiger partial charge in [-0.15, -0.1) is 11.6 Å². The van der Waals surface area contributed by atoms with Gasteiger partial charge in [-0.05, 0) is 30.5 Å². The van der Waals surface area contributed by atoms with Gasteiger partial charge >= 0.3 is 0 Å². The summed E-state index contributed by atoms with van der Waals surface area (Å²) in [5.41, 5.74) is 2.19. The first kappa shape index (κ1) is 12.3. The summed E-state index contributed by atoms with van der Waals surface area (Å²) in [5.74, 6) is 2.50. The van der Waals surface area contributed by atoms with E-state index in [1.165, 1.54) is 12.8 Å². The zero-order valence-corrected chi connectivity index (χ0v) is 11.9. The van der Waals surface area contributed by atoms with Crippen LogP contribution in [0.2, 0.25) is 5.02 Å². The Kier molecular flexibility index (Phi) is 3.25. The highest BCUT2D eigenvalue weighted by atomic mass is 35.5. The molecule has 18 heavy (non-hydrogen) atoms. The lowest BCUT2D eigenvalue weighted by atomic mass is 10.3. The predicted molar refractivity (Wildman–Crippen MR) is 76.6 cm³/mol.